The van der Waals surface area contributed by atoms with Gasteiger partial charge in [-0.25, -0.2) is 0 Å². The van der Waals surface area contributed by atoms with Crippen LogP contribution in [0.4, 0.5) is 0 Å². The zero-order chi connectivity index (χ0) is 17.3. The monoisotopic (exact) mass is 339 g/mol. The summed E-state index contributed by atoms with van der Waals surface area (Å²) in [6.45, 7) is 12.9. The van der Waals surface area contributed by atoms with E-state index in [0.29, 0.717) is 11.3 Å². The van der Waals surface area contributed by atoms with Gasteiger partial charge in [0.25, 0.3) is 0 Å². The van der Waals surface area contributed by atoms with Crippen LogP contribution < -0.4 is 27.0 Å². The Morgan fingerprint density at radius 3 is 1.62 bits per heavy atom. The second-order valence-electron chi connectivity index (χ2n) is 8.50. The van der Waals surface area contributed by atoms with E-state index in [9.17, 15) is 0 Å². The lowest BCUT2D eigenvalue weighted by Gasteiger charge is -2.39. The van der Waals surface area contributed by atoms with Crippen molar-refractivity contribution in [2.24, 2.45) is 17.1 Å². The summed E-state index contributed by atoms with van der Waals surface area (Å²) in [5, 5.41) is 14.6. The van der Waals surface area contributed by atoms with Gasteiger partial charge in [-0.2, -0.15) is 0 Å². The first-order valence-electron chi connectivity index (χ1n) is 10.2. The molecule has 3 saturated heterocycles. The highest BCUT2D eigenvalue weighted by molar-refractivity contribution is 4.91. The summed E-state index contributed by atoms with van der Waals surface area (Å²) in [5.74, 6) is 0.691. The lowest BCUT2D eigenvalue weighted by Crippen LogP contribution is -2.57. The van der Waals surface area contributed by atoms with Crippen molar-refractivity contribution < 1.29 is 0 Å². The smallest absolute Gasteiger partial charge is 0.0407 e. The molecule has 0 radical (unpaired) electrons. The van der Waals surface area contributed by atoms with Crippen LogP contribution in [0.3, 0.4) is 0 Å². The fourth-order valence-electron chi connectivity index (χ4n) is 4.19. The molecule has 0 amide bonds. The van der Waals surface area contributed by atoms with Crippen LogP contribution in [0.25, 0.3) is 0 Å². The molecular formula is C19H41N5. The first kappa shape index (κ1) is 20.1. The molecule has 3 heterocycles. The molecule has 6 N–H and O–H groups in total. The molecule has 5 heteroatoms. The van der Waals surface area contributed by atoms with E-state index in [1.165, 1.54) is 32.1 Å². The van der Waals surface area contributed by atoms with E-state index in [4.69, 9.17) is 5.73 Å². The molecular weight excluding hydrogens is 298 g/mol. The molecule has 3 rings (SSSR count). The van der Waals surface area contributed by atoms with Crippen LogP contribution in [-0.4, -0.2) is 57.9 Å². The number of hydrogen-bond acceptors (Lipinski definition) is 5. The molecule has 0 aromatic rings. The molecule has 142 valence electrons. The van der Waals surface area contributed by atoms with E-state index in [1.54, 1.807) is 0 Å². The number of nitrogens with one attached hydrogen (secondary N) is 4. The van der Waals surface area contributed by atoms with Crippen molar-refractivity contribution in [2.45, 2.75) is 57.9 Å². The molecule has 5 nitrogen and oxygen atoms in total. The Balaban J connectivity index is 2.11. The van der Waals surface area contributed by atoms with Crippen LogP contribution in [0, 0.1) is 11.3 Å². The minimum absolute atomic E-state index is 0.115. The lowest BCUT2D eigenvalue weighted by molar-refractivity contribution is 0.151. The third-order valence-corrected chi connectivity index (χ3v) is 6.19. The molecule has 0 spiro atoms. The van der Waals surface area contributed by atoms with Gasteiger partial charge in [0.1, 0.15) is 0 Å². The minimum Gasteiger partial charge on any atom is -0.323 e. The van der Waals surface area contributed by atoms with Gasteiger partial charge in [0.15, 0.2) is 0 Å². The molecule has 0 atom stereocenters. The number of hydrogen-bond donors (Lipinski definition) is 5. The van der Waals surface area contributed by atoms with E-state index < -0.39 is 0 Å². The Morgan fingerprint density at radius 2 is 1.12 bits per heavy atom. The molecule has 2 bridgehead atoms. The van der Waals surface area contributed by atoms with Crippen molar-refractivity contribution in [3.05, 3.63) is 0 Å². The van der Waals surface area contributed by atoms with Gasteiger partial charge in [-0.1, -0.05) is 39.5 Å². The molecule has 0 saturated carbocycles. The predicted molar refractivity (Wildman–Crippen MR) is 103 cm³/mol. The van der Waals surface area contributed by atoms with Gasteiger partial charge >= 0.3 is 0 Å². The molecule has 3 fully saturated rings. The zero-order valence-electron chi connectivity index (χ0n) is 16.1. The molecule has 0 aliphatic carbocycles. The summed E-state index contributed by atoms with van der Waals surface area (Å²) in [4.78, 5) is 0. The Labute approximate surface area is 149 Å². The quantitative estimate of drug-likeness (QED) is 0.494. The van der Waals surface area contributed by atoms with Crippen LogP contribution >= 0.6 is 0 Å². The highest BCUT2D eigenvalue weighted by Crippen LogP contribution is 2.33. The summed E-state index contributed by atoms with van der Waals surface area (Å²) >= 11 is 0. The zero-order valence-corrected chi connectivity index (χ0v) is 16.1. The fourth-order valence-corrected chi connectivity index (χ4v) is 4.19. The van der Waals surface area contributed by atoms with E-state index in [0.717, 1.165) is 58.8 Å². The average molecular weight is 340 g/mol. The summed E-state index contributed by atoms with van der Waals surface area (Å²) in [6, 6.07) is 0. The summed E-state index contributed by atoms with van der Waals surface area (Å²) in [5.41, 5.74) is 6.95. The Bertz CT molecular complexity index is 301. The van der Waals surface area contributed by atoms with Gasteiger partial charge in [-0.05, 0) is 24.2 Å². The van der Waals surface area contributed by atoms with Crippen molar-refractivity contribution in [2.75, 3.05) is 52.4 Å². The number of nitrogens with two attached hydrogens (primary N) is 1. The highest BCUT2D eigenvalue weighted by Gasteiger charge is 2.33. The summed E-state index contributed by atoms with van der Waals surface area (Å²) < 4.78 is 0. The first-order chi connectivity index (χ1) is 11.6. The van der Waals surface area contributed by atoms with Gasteiger partial charge < -0.3 is 27.0 Å². The molecule has 3 aliphatic heterocycles. The van der Waals surface area contributed by atoms with Crippen LogP contribution in [0.1, 0.15) is 52.4 Å². The first-order valence-corrected chi connectivity index (χ1v) is 10.2. The largest absolute Gasteiger partial charge is 0.323 e. The van der Waals surface area contributed by atoms with Crippen LogP contribution in [0.2, 0.25) is 0 Å². The van der Waals surface area contributed by atoms with E-state index in [2.05, 4.69) is 35.1 Å². The van der Waals surface area contributed by atoms with Crippen molar-refractivity contribution in [3.63, 3.8) is 0 Å². The molecule has 3 aliphatic rings. The molecule has 24 heavy (non-hydrogen) atoms. The van der Waals surface area contributed by atoms with E-state index in [-0.39, 0.29) is 5.54 Å². The van der Waals surface area contributed by atoms with Crippen LogP contribution in [-0.2, 0) is 0 Å². The number of fused-ring (bicyclic) bond motifs is 15. The molecule has 0 unspecified atom stereocenters. The summed E-state index contributed by atoms with van der Waals surface area (Å²) in [6.07, 6.45) is 7.68. The van der Waals surface area contributed by atoms with Crippen molar-refractivity contribution in [1.29, 1.82) is 0 Å². The summed E-state index contributed by atoms with van der Waals surface area (Å²) in [7, 11) is 0. The third-order valence-electron chi connectivity index (χ3n) is 6.19. The SMILES string of the molecule is CC(C)C12CCCCCCC(N)(CNCCNC1)CNCCNC2. The van der Waals surface area contributed by atoms with Gasteiger partial charge in [0.05, 0.1) is 0 Å². The maximum absolute atomic E-state index is 6.70. The van der Waals surface area contributed by atoms with E-state index >= 15 is 0 Å². The maximum atomic E-state index is 6.70. The topological polar surface area (TPSA) is 74.1 Å². The lowest BCUT2D eigenvalue weighted by atomic mass is 9.72. The van der Waals surface area contributed by atoms with Crippen LogP contribution in [0.15, 0.2) is 0 Å². The predicted octanol–water partition coefficient (Wildman–Crippen LogP) is 1.05. The van der Waals surface area contributed by atoms with E-state index in [1.807, 2.05) is 0 Å². The standard InChI is InChI=1S/C19H41N5/c1-17(2)18-7-5-3-4-6-8-19(20,15-23-11-9-21-13-18)16-24-12-10-22-14-18/h17,21-24H,3-16,20H2,1-2H3. The van der Waals surface area contributed by atoms with Gasteiger partial charge in [-0.15, -0.1) is 0 Å². The second-order valence-corrected chi connectivity index (χ2v) is 8.50. The average Bonchev–Trinajstić information content (AvgIpc) is 2.55. The van der Waals surface area contributed by atoms with Crippen molar-refractivity contribution in [3.8, 4) is 0 Å². The highest BCUT2D eigenvalue weighted by atomic mass is 15.0. The van der Waals surface area contributed by atoms with Crippen LogP contribution in [0.5, 0.6) is 0 Å². The Kier molecular flexibility index (Phi) is 8.44. The third kappa shape index (κ3) is 6.26. The fraction of sp³-hybridized carbons (Fsp3) is 1.00. The van der Waals surface area contributed by atoms with Crippen molar-refractivity contribution in [1.82, 2.24) is 21.3 Å². The van der Waals surface area contributed by atoms with Gasteiger partial charge in [-0.3, -0.25) is 0 Å². The molecule has 0 aromatic carbocycles. The maximum Gasteiger partial charge on any atom is 0.0407 e. The number of rotatable bonds is 1. The van der Waals surface area contributed by atoms with Gasteiger partial charge in [0.2, 0.25) is 0 Å². The van der Waals surface area contributed by atoms with Crippen molar-refractivity contribution >= 4 is 0 Å². The Morgan fingerprint density at radius 1 is 0.667 bits per heavy atom. The minimum atomic E-state index is -0.115. The normalized spacial score (nSPS) is 35.5. The second kappa shape index (κ2) is 10.1. The molecule has 0 aromatic heterocycles. The Hall–Kier alpha value is -0.200. The van der Waals surface area contributed by atoms with Gasteiger partial charge in [0, 0.05) is 57.9 Å².